The molecule has 0 aliphatic carbocycles. The van der Waals surface area contributed by atoms with Crippen molar-refractivity contribution in [1.29, 1.82) is 0 Å². The van der Waals surface area contributed by atoms with Gasteiger partial charge in [-0.2, -0.15) is 0 Å². The predicted octanol–water partition coefficient (Wildman–Crippen LogP) is 4.58. The van der Waals surface area contributed by atoms with Gasteiger partial charge < -0.3 is 29.4 Å². The number of rotatable bonds is 7. The van der Waals surface area contributed by atoms with Gasteiger partial charge in [0.05, 0.1) is 44.4 Å². The SMILES string of the molecule is CCOc1ccccc1N1C2=C(Cc3c(CO)cnc(C)c3O2)C(=S)NC1c1ccc(OC)c(OC)c1. The number of nitrogens with one attached hydrogen (secondary N) is 1. The number of hydrogen-bond acceptors (Lipinski definition) is 8. The number of nitrogens with zero attached hydrogens (tertiary/aromatic N) is 2. The normalized spacial score (nSPS) is 16.4. The second-order valence-corrected chi connectivity index (χ2v) is 9.07. The Balaban J connectivity index is 1.71. The van der Waals surface area contributed by atoms with E-state index in [-0.39, 0.29) is 6.61 Å². The largest absolute Gasteiger partial charge is 0.493 e. The van der Waals surface area contributed by atoms with Gasteiger partial charge in [0.1, 0.15) is 16.9 Å². The molecule has 0 bridgehead atoms. The van der Waals surface area contributed by atoms with Crippen LogP contribution in [-0.4, -0.2) is 35.9 Å². The van der Waals surface area contributed by atoms with Crippen LogP contribution in [0.25, 0.3) is 0 Å². The second-order valence-electron chi connectivity index (χ2n) is 8.66. The molecule has 0 amide bonds. The van der Waals surface area contributed by atoms with Gasteiger partial charge in [-0.3, -0.25) is 9.88 Å². The van der Waals surface area contributed by atoms with E-state index in [4.69, 9.17) is 31.2 Å². The summed E-state index contributed by atoms with van der Waals surface area (Å²) in [6.07, 6.45) is 1.77. The molecule has 3 aromatic rings. The highest BCUT2D eigenvalue weighted by molar-refractivity contribution is 7.80. The van der Waals surface area contributed by atoms with E-state index in [2.05, 4.69) is 15.2 Å². The first-order chi connectivity index (χ1) is 18.0. The van der Waals surface area contributed by atoms with Crippen LogP contribution >= 0.6 is 12.2 Å². The van der Waals surface area contributed by atoms with Gasteiger partial charge in [0.15, 0.2) is 17.2 Å². The number of methoxy groups -OCH3 is 2. The monoisotopic (exact) mass is 519 g/mol. The third-order valence-corrected chi connectivity index (χ3v) is 6.92. The third kappa shape index (κ3) is 4.34. The fourth-order valence-corrected chi connectivity index (χ4v) is 5.03. The number of pyridine rings is 1. The van der Waals surface area contributed by atoms with Crippen LogP contribution in [0.5, 0.6) is 23.0 Å². The molecule has 2 N–H and O–H groups in total. The zero-order valence-electron chi connectivity index (χ0n) is 21.2. The minimum absolute atomic E-state index is 0.132. The quantitative estimate of drug-likeness (QED) is 0.436. The Morgan fingerprint density at radius 1 is 1.14 bits per heavy atom. The maximum absolute atomic E-state index is 9.95. The first-order valence-electron chi connectivity index (χ1n) is 12.0. The van der Waals surface area contributed by atoms with Crippen LogP contribution in [0.4, 0.5) is 5.69 Å². The molecule has 0 fully saturated rings. The van der Waals surface area contributed by atoms with Crippen molar-refractivity contribution >= 4 is 22.9 Å². The third-order valence-electron chi connectivity index (χ3n) is 6.55. The Labute approximate surface area is 221 Å². The lowest BCUT2D eigenvalue weighted by Gasteiger charge is -2.43. The van der Waals surface area contributed by atoms with Crippen molar-refractivity contribution in [3.05, 3.63) is 82.5 Å². The van der Waals surface area contributed by atoms with Gasteiger partial charge in [0.2, 0.25) is 5.88 Å². The number of aliphatic hydroxyl groups is 1. The first-order valence-corrected chi connectivity index (χ1v) is 12.4. The minimum Gasteiger partial charge on any atom is -0.493 e. The predicted molar refractivity (Wildman–Crippen MR) is 144 cm³/mol. The lowest BCUT2D eigenvalue weighted by atomic mass is 9.95. The maximum Gasteiger partial charge on any atom is 0.209 e. The number of anilines is 1. The highest BCUT2D eigenvalue weighted by Crippen LogP contribution is 2.45. The molecule has 1 unspecified atom stereocenters. The summed E-state index contributed by atoms with van der Waals surface area (Å²) in [5.74, 6) is 3.19. The molecule has 0 saturated heterocycles. The van der Waals surface area contributed by atoms with Crippen LogP contribution in [0, 0.1) is 6.92 Å². The van der Waals surface area contributed by atoms with E-state index in [1.807, 2.05) is 56.3 Å². The summed E-state index contributed by atoms with van der Waals surface area (Å²) >= 11 is 5.88. The van der Waals surface area contributed by atoms with Crippen molar-refractivity contribution in [2.45, 2.75) is 33.0 Å². The number of para-hydroxylation sites is 2. The van der Waals surface area contributed by atoms with Crippen LogP contribution in [0.1, 0.15) is 35.5 Å². The van der Waals surface area contributed by atoms with E-state index in [1.165, 1.54) is 0 Å². The number of aryl methyl sites for hydroxylation is 1. The highest BCUT2D eigenvalue weighted by atomic mass is 32.1. The van der Waals surface area contributed by atoms with Gasteiger partial charge in [-0.1, -0.05) is 30.4 Å². The molecule has 0 saturated carbocycles. The topological polar surface area (TPSA) is 85.3 Å². The standard InChI is InChI=1S/C28H29N3O5S/c1-5-35-22-9-7-6-8-21(22)31-26(17-10-11-23(33-3)24(12-17)34-4)30-27(37)20-13-19-18(15-32)14-29-16(2)25(19)36-28(20)31/h6-12,14,26,32H,5,13,15H2,1-4H3,(H,30,37). The van der Waals surface area contributed by atoms with Crippen molar-refractivity contribution in [1.82, 2.24) is 10.3 Å². The molecule has 9 heteroatoms. The molecular formula is C28H29N3O5S. The molecule has 1 aromatic heterocycles. The molecule has 0 spiro atoms. The van der Waals surface area contributed by atoms with Crippen LogP contribution in [0.3, 0.4) is 0 Å². The van der Waals surface area contributed by atoms with E-state index < -0.39 is 6.17 Å². The van der Waals surface area contributed by atoms with Crippen molar-refractivity contribution < 1.29 is 24.1 Å². The summed E-state index contributed by atoms with van der Waals surface area (Å²) in [6, 6.07) is 13.6. The highest BCUT2D eigenvalue weighted by Gasteiger charge is 2.40. The number of thiocarbonyl (C=S) groups is 1. The Hall–Kier alpha value is -3.82. The lowest BCUT2D eigenvalue weighted by Crippen LogP contribution is -2.49. The van der Waals surface area contributed by atoms with Gasteiger partial charge in [0.25, 0.3) is 0 Å². The Bertz CT molecular complexity index is 1390. The molecule has 8 nitrogen and oxygen atoms in total. The Morgan fingerprint density at radius 3 is 2.65 bits per heavy atom. The van der Waals surface area contributed by atoms with E-state index in [0.717, 1.165) is 33.6 Å². The molecule has 2 aromatic carbocycles. The van der Waals surface area contributed by atoms with E-state index >= 15 is 0 Å². The van der Waals surface area contributed by atoms with Crippen molar-refractivity contribution in [2.24, 2.45) is 0 Å². The van der Waals surface area contributed by atoms with Crippen LogP contribution in [0.15, 0.2) is 60.1 Å². The second kappa shape index (κ2) is 10.3. The van der Waals surface area contributed by atoms with Gasteiger partial charge >= 0.3 is 0 Å². The number of benzene rings is 2. The smallest absolute Gasteiger partial charge is 0.209 e. The van der Waals surface area contributed by atoms with Crippen LogP contribution < -0.4 is 29.2 Å². The van der Waals surface area contributed by atoms with Gasteiger partial charge in [0, 0.05) is 23.7 Å². The van der Waals surface area contributed by atoms with E-state index in [0.29, 0.717) is 46.9 Å². The Kier molecular flexibility index (Phi) is 6.90. The summed E-state index contributed by atoms with van der Waals surface area (Å²) in [6.45, 7) is 4.23. The van der Waals surface area contributed by atoms with Gasteiger partial charge in [-0.05, 0) is 43.7 Å². The average Bonchev–Trinajstić information content (AvgIpc) is 2.93. The summed E-state index contributed by atoms with van der Waals surface area (Å²) in [5.41, 5.74) is 4.89. The zero-order valence-corrected chi connectivity index (χ0v) is 22.0. The van der Waals surface area contributed by atoms with Gasteiger partial charge in [-0.15, -0.1) is 0 Å². The number of aliphatic hydroxyl groups excluding tert-OH is 1. The summed E-state index contributed by atoms with van der Waals surface area (Å²) in [7, 11) is 3.22. The molecule has 1 atom stereocenters. The van der Waals surface area contributed by atoms with Crippen LogP contribution in [0.2, 0.25) is 0 Å². The number of fused-ring (bicyclic) bond motifs is 1. The molecule has 0 radical (unpaired) electrons. The number of ether oxygens (including phenoxy) is 4. The maximum atomic E-state index is 9.95. The summed E-state index contributed by atoms with van der Waals surface area (Å²) in [4.78, 5) is 7.09. The van der Waals surface area contributed by atoms with Crippen molar-refractivity contribution in [3.8, 4) is 23.0 Å². The van der Waals surface area contributed by atoms with Crippen molar-refractivity contribution in [3.63, 3.8) is 0 Å². The molecule has 2 aliphatic heterocycles. The Morgan fingerprint density at radius 2 is 1.92 bits per heavy atom. The molecular weight excluding hydrogens is 490 g/mol. The molecule has 5 rings (SSSR count). The lowest BCUT2D eigenvalue weighted by molar-refractivity contribution is 0.277. The van der Waals surface area contributed by atoms with Crippen LogP contribution in [-0.2, 0) is 13.0 Å². The number of aromatic nitrogens is 1. The first kappa shape index (κ1) is 24.9. The van der Waals surface area contributed by atoms with E-state index in [1.54, 1.807) is 20.4 Å². The summed E-state index contributed by atoms with van der Waals surface area (Å²) < 4.78 is 23.7. The molecule has 2 aliphatic rings. The fourth-order valence-electron chi connectivity index (χ4n) is 4.75. The molecule has 192 valence electrons. The minimum atomic E-state index is -0.427. The summed E-state index contributed by atoms with van der Waals surface area (Å²) in [5, 5.41) is 13.5. The van der Waals surface area contributed by atoms with Gasteiger partial charge in [-0.25, -0.2) is 0 Å². The van der Waals surface area contributed by atoms with Crippen molar-refractivity contribution in [2.75, 3.05) is 25.7 Å². The fraction of sp³-hybridized carbons (Fsp3) is 0.286. The number of hydrogen-bond donors (Lipinski definition) is 2. The van der Waals surface area contributed by atoms with E-state index in [9.17, 15) is 5.11 Å². The zero-order chi connectivity index (χ0) is 26.1. The molecule has 37 heavy (non-hydrogen) atoms. The molecule has 3 heterocycles. The average molecular weight is 520 g/mol.